The van der Waals surface area contributed by atoms with Gasteiger partial charge in [-0.05, 0) is 37.7 Å². The molecular formula is C40H59FN10O14S. The third-order valence-electron chi connectivity index (χ3n) is 10.2. The van der Waals surface area contributed by atoms with Crippen molar-refractivity contribution < 1.29 is 73.1 Å². The highest BCUT2D eigenvalue weighted by Crippen LogP contribution is 2.26. The smallest absolute Gasteiger partial charge is 0.305 e. The molecule has 7 amide bonds. The van der Waals surface area contributed by atoms with Crippen LogP contribution < -0.4 is 38.1 Å². The molecule has 0 aromatic heterocycles. The molecule has 14 N–H and O–H groups in total. The number of aliphatic hydroxyl groups is 4. The van der Waals surface area contributed by atoms with Gasteiger partial charge in [0.2, 0.25) is 41.4 Å². The standard InChI is InChI=1S/C40H59FN10O14S/c41-18-27(52)33(58)34(59)28(53)19-46-65-14-7-2-1-6-13-51-31(55)17-29(39(51)64)66-21-26-38(63)48-23(11-8-12-44-40(42)43)35(60)45-20-30(54)47-25(16-32(56)57)37(62)49-24(36(61)50-26)15-22-9-4-3-5-10-22/h3-5,9-10,19,23-29,33-34,52-53,58-59H,1-2,6-8,11-18,20-21H2,(H,45,60)(H,47,54)(H,48,63)(H,49,62)(H,50,61)(H,56,57)(H4,42,43,44)/b46-19+/t23-,24+,25-,26-,27+,28-,29?,33+,34+/m0/s1. The van der Waals surface area contributed by atoms with Crippen LogP contribution in [0.25, 0.3) is 0 Å². The van der Waals surface area contributed by atoms with Gasteiger partial charge in [-0.1, -0.05) is 41.9 Å². The number of oxime groups is 1. The molecule has 2 aliphatic rings. The van der Waals surface area contributed by atoms with E-state index in [1.807, 2.05) is 0 Å². The molecule has 0 aliphatic carbocycles. The van der Waals surface area contributed by atoms with Gasteiger partial charge in [0.1, 0.15) is 61.9 Å². The number of imide groups is 1. The average Bonchev–Trinajstić information content (AvgIpc) is 3.55. The predicted octanol–water partition coefficient (Wildman–Crippen LogP) is -4.34. The Balaban J connectivity index is 1.72. The number of guanidine groups is 1. The van der Waals surface area contributed by atoms with Crippen LogP contribution in [0.15, 0.2) is 40.5 Å². The highest BCUT2D eigenvalue weighted by molar-refractivity contribution is 8.00. The molecule has 0 bridgehead atoms. The van der Waals surface area contributed by atoms with E-state index in [1.54, 1.807) is 30.3 Å². The van der Waals surface area contributed by atoms with Gasteiger partial charge >= 0.3 is 5.97 Å². The molecule has 2 heterocycles. The monoisotopic (exact) mass is 954 g/mol. The van der Waals surface area contributed by atoms with Gasteiger partial charge in [-0.2, -0.15) is 0 Å². The summed E-state index contributed by atoms with van der Waals surface area (Å²) >= 11 is 0.915. The summed E-state index contributed by atoms with van der Waals surface area (Å²) in [6.07, 6.45) is -5.76. The van der Waals surface area contributed by atoms with Crippen LogP contribution in [-0.2, 0) is 49.6 Å². The molecule has 9 atom stereocenters. The largest absolute Gasteiger partial charge is 0.481 e. The van der Waals surface area contributed by atoms with Crippen LogP contribution in [0.3, 0.4) is 0 Å². The Bertz CT molecular complexity index is 1880. The molecule has 0 saturated carbocycles. The van der Waals surface area contributed by atoms with Gasteiger partial charge in [0, 0.05) is 31.7 Å². The number of halogens is 1. The fourth-order valence-electron chi connectivity index (χ4n) is 6.54. The molecule has 3 rings (SSSR count). The molecule has 0 radical (unpaired) electrons. The zero-order valence-electron chi connectivity index (χ0n) is 36.0. The van der Waals surface area contributed by atoms with Crippen molar-refractivity contribution in [1.82, 2.24) is 31.5 Å². The maximum Gasteiger partial charge on any atom is 0.305 e. The first-order valence-electron chi connectivity index (χ1n) is 21.1. The maximum absolute atomic E-state index is 14.1. The number of carbonyl (C=O) groups is 8. The first-order valence-corrected chi connectivity index (χ1v) is 22.1. The molecule has 366 valence electrons. The minimum Gasteiger partial charge on any atom is -0.481 e. The van der Waals surface area contributed by atoms with Gasteiger partial charge in [0.05, 0.1) is 24.4 Å². The number of alkyl halides is 1. The number of rotatable bonds is 24. The van der Waals surface area contributed by atoms with E-state index < -0.39 is 121 Å². The summed E-state index contributed by atoms with van der Waals surface area (Å²) in [6, 6.07) is 2.54. The third-order valence-corrected chi connectivity index (χ3v) is 11.5. The number of likely N-dealkylation sites (tertiary alicyclic amines) is 1. The van der Waals surface area contributed by atoms with Crippen molar-refractivity contribution in [3.8, 4) is 0 Å². The van der Waals surface area contributed by atoms with Crippen LogP contribution in [0.1, 0.15) is 56.9 Å². The van der Waals surface area contributed by atoms with E-state index in [0.717, 1.165) is 22.9 Å². The molecule has 2 fully saturated rings. The highest BCUT2D eigenvalue weighted by atomic mass is 32.2. The van der Waals surface area contributed by atoms with E-state index >= 15 is 0 Å². The van der Waals surface area contributed by atoms with Crippen molar-refractivity contribution in [2.24, 2.45) is 21.6 Å². The summed E-state index contributed by atoms with van der Waals surface area (Å²) in [5.74, 6) is -7.52. The number of aliphatic carboxylic acids is 1. The topological polar surface area (TPSA) is 387 Å². The van der Waals surface area contributed by atoms with Crippen molar-refractivity contribution in [2.75, 3.05) is 38.7 Å². The maximum atomic E-state index is 14.1. The van der Waals surface area contributed by atoms with E-state index in [-0.39, 0.29) is 57.1 Å². The molecule has 2 aliphatic heterocycles. The molecule has 26 heteroatoms. The van der Waals surface area contributed by atoms with E-state index in [9.17, 15) is 68.3 Å². The number of hydrogen-bond acceptors (Lipinski definition) is 16. The predicted molar refractivity (Wildman–Crippen MR) is 234 cm³/mol. The second-order valence-electron chi connectivity index (χ2n) is 15.4. The van der Waals surface area contributed by atoms with Crippen molar-refractivity contribution in [1.29, 1.82) is 0 Å². The van der Waals surface area contributed by atoms with Crippen LogP contribution in [-0.4, -0.2) is 182 Å². The Hall–Kier alpha value is -5.96. The number of benzene rings is 1. The molecule has 66 heavy (non-hydrogen) atoms. The van der Waals surface area contributed by atoms with Crippen LogP contribution in [0.5, 0.6) is 0 Å². The van der Waals surface area contributed by atoms with E-state index in [0.29, 0.717) is 31.2 Å². The second kappa shape index (κ2) is 28.2. The summed E-state index contributed by atoms with van der Waals surface area (Å²) in [4.78, 5) is 116. The molecular weight excluding hydrogens is 896 g/mol. The van der Waals surface area contributed by atoms with Crippen molar-refractivity contribution >= 4 is 71.3 Å². The number of aliphatic hydroxyl groups excluding tert-OH is 4. The molecule has 2 saturated heterocycles. The Morgan fingerprint density at radius 1 is 0.848 bits per heavy atom. The summed E-state index contributed by atoms with van der Waals surface area (Å²) < 4.78 is 12.5. The number of carboxylic acid groups (broad SMARTS) is 1. The zero-order chi connectivity index (χ0) is 48.8. The third kappa shape index (κ3) is 18.5. The number of nitrogens with zero attached hydrogens (tertiary/aromatic N) is 3. The Morgan fingerprint density at radius 2 is 1.50 bits per heavy atom. The first kappa shape index (κ1) is 54.4. The van der Waals surface area contributed by atoms with E-state index in [1.165, 1.54) is 0 Å². The van der Waals surface area contributed by atoms with Crippen molar-refractivity contribution in [3.63, 3.8) is 0 Å². The number of unbranched alkanes of at least 4 members (excludes halogenated alkanes) is 3. The van der Waals surface area contributed by atoms with Gasteiger partial charge in [-0.15, -0.1) is 11.8 Å². The summed E-state index contributed by atoms with van der Waals surface area (Å²) in [5.41, 5.74) is 11.4. The fraction of sp³-hybridized carbons (Fsp3) is 0.600. The van der Waals surface area contributed by atoms with Gasteiger partial charge in [0.15, 0.2) is 5.96 Å². The Morgan fingerprint density at radius 3 is 2.18 bits per heavy atom. The SMILES string of the molecule is NC(N)=NCCC[C@@H]1NC(=O)[C@H](CSC2CC(=O)N(CCCCCCO/N=C/[C@H](O)[C@@H](O)[C@H](O)[C@H](O)CF)C2=O)NC(=O)[C@@H](Cc2ccccc2)NC(=O)[C@H](CC(=O)O)NC(=O)CNC1=O. The van der Waals surface area contributed by atoms with Crippen LogP contribution in [0.4, 0.5) is 4.39 Å². The lowest BCUT2D eigenvalue weighted by molar-refractivity contribution is -0.141. The van der Waals surface area contributed by atoms with E-state index in [2.05, 4.69) is 36.7 Å². The Labute approximate surface area is 382 Å². The fourth-order valence-corrected chi connectivity index (χ4v) is 7.73. The summed E-state index contributed by atoms with van der Waals surface area (Å²) in [5, 5.41) is 62.8. The highest BCUT2D eigenvalue weighted by Gasteiger charge is 2.40. The number of carbonyl (C=O) groups excluding carboxylic acids is 7. The molecule has 1 aromatic carbocycles. The van der Waals surface area contributed by atoms with Crippen molar-refractivity contribution in [2.45, 2.75) is 112 Å². The zero-order valence-corrected chi connectivity index (χ0v) is 36.8. The average molecular weight is 955 g/mol. The number of nitrogens with one attached hydrogen (secondary N) is 5. The van der Waals surface area contributed by atoms with Crippen LogP contribution in [0, 0.1) is 0 Å². The van der Waals surface area contributed by atoms with Gasteiger partial charge in [-0.3, -0.25) is 48.2 Å². The minimum absolute atomic E-state index is 0.0511. The Kier molecular flexibility index (Phi) is 23.2. The van der Waals surface area contributed by atoms with Crippen LogP contribution >= 0.6 is 11.8 Å². The number of thioether (sulfide) groups is 1. The number of nitrogens with two attached hydrogens (primary N) is 2. The van der Waals surface area contributed by atoms with Gasteiger partial charge in [-0.25, -0.2) is 4.39 Å². The molecule has 0 spiro atoms. The van der Waals surface area contributed by atoms with Gasteiger partial charge in [0.25, 0.3) is 0 Å². The summed E-state index contributed by atoms with van der Waals surface area (Å²) in [6.45, 7) is -1.81. The first-order chi connectivity index (χ1) is 31.4. The lowest BCUT2D eigenvalue weighted by Gasteiger charge is -2.26. The minimum atomic E-state index is -1.94. The summed E-state index contributed by atoms with van der Waals surface area (Å²) in [7, 11) is 0. The number of hydrogen-bond donors (Lipinski definition) is 12. The number of amides is 7. The normalized spacial score (nSPS) is 23.0. The second-order valence-corrected chi connectivity index (χ2v) is 16.6. The number of aliphatic imine (C=N–C) groups is 1. The lowest BCUT2D eigenvalue weighted by atomic mass is 10.0. The van der Waals surface area contributed by atoms with Crippen LogP contribution in [0.2, 0.25) is 0 Å². The lowest BCUT2D eigenvalue weighted by Crippen LogP contribution is -2.59. The number of carboxylic acids is 1. The molecule has 1 aromatic rings. The quantitative estimate of drug-likeness (QED) is 0.0153. The molecule has 1 unspecified atom stereocenters. The van der Waals surface area contributed by atoms with Crippen molar-refractivity contribution in [3.05, 3.63) is 35.9 Å². The van der Waals surface area contributed by atoms with Gasteiger partial charge < -0.3 is 68.4 Å². The van der Waals surface area contributed by atoms with E-state index in [4.69, 9.17) is 16.3 Å². The molecule has 24 nitrogen and oxygen atoms in total.